The van der Waals surface area contributed by atoms with Crippen LogP contribution in [0, 0.1) is 27.7 Å². The van der Waals surface area contributed by atoms with Gasteiger partial charge < -0.3 is 9.47 Å². The number of benzene rings is 4. The van der Waals surface area contributed by atoms with Gasteiger partial charge in [0.2, 0.25) is 0 Å². The van der Waals surface area contributed by atoms with Gasteiger partial charge in [0.05, 0.1) is 6.26 Å². The minimum absolute atomic E-state index is 0.652. The average molecular weight is 473 g/mol. The van der Waals surface area contributed by atoms with Crippen LogP contribution in [-0.4, -0.2) is 6.61 Å². The number of rotatable bonds is 2. The Hall–Kier alpha value is -4.04. The Morgan fingerprint density at radius 1 is 0.556 bits per heavy atom. The maximum absolute atomic E-state index is 5.83. The summed E-state index contributed by atoms with van der Waals surface area (Å²) in [7, 11) is 0. The Balaban J connectivity index is 0.000000148. The lowest BCUT2D eigenvalue weighted by atomic mass is 9.96. The molecule has 2 heteroatoms. The Bertz CT molecular complexity index is 1440. The van der Waals surface area contributed by atoms with Crippen LogP contribution in [0.4, 0.5) is 0 Å². The molecule has 0 spiro atoms. The SMILES string of the molecule is Cc1ccc(C2=COc3cc(C)ccc3C2)cc1.Cc1ccc(C2=Cc3ccc(C)cc3OC2)cc1. The molecule has 0 unspecified atom stereocenters. The molecule has 0 saturated carbocycles. The average Bonchev–Trinajstić information content (AvgIpc) is 2.89. The monoisotopic (exact) mass is 472 g/mol. The van der Waals surface area contributed by atoms with Crippen LogP contribution in [0.3, 0.4) is 0 Å². The van der Waals surface area contributed by atoms with Crippen molar-refractivity contribution in [2.45, 2.75) is 34.1 Å². The minimum atomic E-state index is 0.652. The van der Waals surface area contributed by atoms with Gasteiger partial charge >= 0.3 is 0 Å². The molecule has 0 aliphatic carbocycles. The van der Waals surface area contributed by atoms with E-state index in [1.54, 1.807) is 0 Å². The molecule has 0 aromatic heterocycles. The van der Waals surface area contributed by atoms with Gasteiger partial charge in [0.25, 0.3) is 0 Å². The molecule has 0 amide bonds. The van der Waals surface area contributed by atoms with Gasteiger partial charge in [-0.1, -0.05) is 83.9 Å². The standard InChI is InChI=1S/2C17H16O/c2*1-12-3-6-14(7-4-12)16-10-15-8-5-13(2)9-17(15)18-11-16/h3-9,11H,10H2,1-2H3;3-10H,11H2,1-2H3. The predicted molar refractivity (Wildman–Crippen MR) is 150 cm³/mol. The van der Waals surface area contributed by atoms with Crippen molar-refractivity contribution in [3.05, 3.63) is 136 Å². The quantitative estimate of drug-likeness (QED) is 0.291. The van der Waals surface area contributed by atoms with Crippen molar-refractivity contribution in [3.8, 4) is 11.5 Å². The van der Waals surface area contributed by atoms with Crippen LogP contribution in [0.5, 0.6) is 11.5 Å². The third-order valence-corrected chi connectivity index (χ3v) is 6.66. The van der Waals surface area contributed by atoms with Crippen LogP contribution in [0.25, 0.3) is 17.2 Å². The third-order valence-electron chi connectivity index (χ3n) is 6.66. The molecule has 4 aromatic carbocycles. The van der Waals surface area contributed by atoms with Gasteiger partial charge in [-0.15, -0.1) is 0 Å². The van der Waals surface area contributed by atoms with Crippen LogP contribution in [0.15, 0.2) is 91.2 Å². The topological polar surface area (TPSA) is 18.5 Å². The summed E-state index contributed by atoms with van der Waals surface area (Å²) < 4.78 is 11.6. The van der Waals surface area contributed by atoms with E-state index in [-0.39, 0.29) is 0 Å². The van der Waals surface area contributed by atoms with Gasteiger partial charge in [0.1, 0.15) is 18.1 Å². The molecule has 2 aliphatic heterocycles. The Morgan fingerprint density at radius 2 is 1.11 bits per heavy atom. The molecule has 0 N–H and O–H groups in total. The summed E-state index contributed by atoms with van der Waals surface area (Å²) in [5.74, 6) is 1.98. The fraction of sp³-hybridized carbons (Fsp3) is 0.176. The molecule has 0 saturated heterocycles. The highest BCUT2D eigenvalue weighted by Gasteiger charge is 2.14. The number of fused-ring (bicyclic) bond motifs is 2. The maximum Gasteiger partial charge on any atom is 0.130 e. The second-order valence-corrected chi connectivity index (χ2v) is 9.78. The van der Waals surface area contributed by atoms with Crippen molar-refractivity contribution in [2.75, 3.05) is 6.61 Å². The van der Waals surface area contributed by atoms with Crippen molar-refractivity contribution in [1.29, 1.82) is 0 Å². The van der Waals surface area contributed by atoms with E-state index in [4.69, 9.17) is 9.47 Å². The first-order valence-corrected chi connectivity index (χ1v) is 12.5. The van der Waals surface area contributed by atoms with Crippen LogP contribution >= 0.6 is 0 Å². The number of aryl methyl sites for hydroxylation is 4. The second-order valence-electron chi connectivity index (χ2n) is 9.78. The fourth-order valence-corrected chi connectivity index (χ4v) is 4.44. The van der Waals surface area contributed by atoms with Crippen molar-refractivity contribution in [3.63, 3.8) is 0 Å². The van der Waals surface area contributed by atoms with Gasteiger partial charge in [-0.25, -0.2) is 0 Å². The highest BCUT2D eigenvalue weighted by molar-refractivity contribution is 5.85. The summed E-state index contributed by atoms with van der Waals surface area (Å²) in [6.45, 7) is 9.03. The predicted octanol–water partition coefficient (Wildman–Crippen LogP) is 8.52. The van der Waals surface area contributed by atoms with E-state index in [1.165, 1.54) is 55.7 Å². The molecule has 2 aliphatic rings. The van der Waals surface area contributed by atoms with Crippen molar-refractivity contribution < 1.29 is 9.47 Å². The van der Waals surface area contributed by atoms with Crippen molar-refractivity contribution >= 4 is 17.2 Å². The van der Waals surface area contributed by atoms with E-state index in [1.807, 2.05) is 6.26 Å². The van der Waals surface area contributed by atoms with E-state index >= 15 is 0 Å². The second kappa shape index (κ2) is 10.3. The van der Waals surface area contributed by atoms with E-state index in [9.17, 15) is 0 Å². The molecule has 2 heterocycles. The summed E-state index contributed by atoms with van der Waals surface area (Å²) in [5, 5.41) is 0. The zero-order chi connectivity index (χ0) is 25.1. The van der Waals surface area contributed by atoms with Gasteiger partial charge in [-0.2, -0.15) is 0 Å². The summed E-state index contributed by atoms with van der Waals surface area (Å²) in [6.07, 6.45) is 5.05. The minimum Gasteiger partial charge on any atom is -0.488 e. The molecule has 2 nitrogen and oxygen atoms in total. The molecule has 0 radical (unpaired) electrons. The van der Waals surface area contributed by atoms with E-state index in [2.05, 4.69) is 119 Å². The van der Waals surface area contributed by atoms with Crippen LogP contribution in [-0.2, 0) is 6.42 Å². The Kier molecular flexibility index (Phi) is 6.77. The lowest BCUT2D eigenvalue weighted by molar-refractivity contribution is 0.365. The van der Waals surface area contributed by atoms with Crippen LogP contribution < -0.4 is 9.47 Å². The lowest BCUT2D eigenvalue weighted by Crippen LogP contribution is -2.06. The highest BCUT2D eigenvalue weighted by Crippen LogP contribution is 2.32. The number of ether oxygens (including phenoxy) is 2. The Morgan fingerprint density at radius 3 is 1.78 bits per heavy atom. The molecule has 36 heavy (non-hydrogen) atoms. The van der Waals surface area contributed by atoms with Gasteiger partial charge in [-0.3, -0.25) is 0 Å². The summed E-state index contributed by atoms with van der Waals surface area (Å²) in [5.41, 5.74) is 12.4. The highest BCUT2D eigenvalue weighted by atomic mass is 16.5. The lowest BCUT2D eigenvalue weighted by Gasteiger charge is -2.18. The number of hydrogen-bond acceptors (Lipinski definition) is 2. The first-order valence-electron chi connectivity index (χ1n) is 12.5. The molecule has 0 atom stereocenters. The zero-order valence-corrected chi connectivity index (χ0v) is 21.5. The van der Waals surface area contributed by atoms with Crippen LogP contribution in [0.1, 0.15) is 44.5 Å². The molecular weight excluding hydrogens is 440 g/mol. The largest absolute Gasteiger partial charge is 0.488 e. The van der Waals surface area contributed by atoms with Crippen molar-refractivity contribution in [2.24, 2.45) is 0 Å². The summed E-state index contributed by atoms with van der Waals surface area (Å²) in [6, 6.07) is 29.9. The first-order chi connectivity index (χ1) is 17.4. The van der Waals surface area contributed by atoms with E-state index in [0.29, 0.717) is 6.61 Å². The van der Waals surface area contributed by atoms with E-state index in [0.717, 1.165) is 17.9 Å². The zero-order valence-electron chi connectivity index (χ0n) is 21.5. The smallest absolute Gasteiger partial charge is 0.130 e. The fourth-order valence-electron chi connectivity index (χ4n) is 4.44. The van der Waals surface area contributed by atoms with Gasteiger partial charge in [0, 0.05) is 12.0 Å². The third kappa shape index (κ3) is 5.44. The van der Waals surface area contributed by atoms with Crippen molar-refractivity contribution in [1.82, 2.24) is 0 Å². The number of allylic oxidation sites excluding steroid dienone is 1. The Labute approximate surface area is 214 Å². The van der Waals surface area contributed by atoms with E-state index < -0.39 is 0 Å². The van der Waals surface area contributed by atoms with Crippen LogP contribution in [0.2, 0.25) is 0 Å². The number of hydrogen-bond donors (Lipinski definition) is 0. The molecule has 0 bridgehead atoms. The molecule has 6 rings (SSSR count). The van der Waals surface area contributed by atoms with Gasteiger partial charge in [0.15, 0.2) is 0 Å². The molecule has 0 fully saturated rings. The summed E-state index contributed by atoms with van der Waals surface area (Å²) in [4.78, 5) is 0. The first kappa shape index (κ1) is 23.7. The maximum atomic E-state index is 5.83. The molecular formula is C34H32O2. The molecule has 180 valence electrons. The normalized spacial score (nSPS) is 13.6. The summed E-state index contributed by atoms with van der Waals surface area (Å²) >= 11 is 0. The van der Waals surface area contributed by atoms with Gasteiger partial charge in [-0.05, 0) is 84.9 Å². The molecule has 4 aromatic rings.